The molecule has 2 aromatic carbocycles. The number of amides is 3. The second-order valence-electron chi connectivity index (χ2n) is 11.6. The molecule has 236 valence electrons. The molecule has 2 unspecified atom stereocenters. The summed E-state index contributed by atoms with van der Waals surface area (Å²) in [6, 6.07) is 7.79. The Labute approximate surface area is 259 Å². The van der Waals surface area contributed by atoms with Gasteiger partial charge in [-0.05, 0) is 48.7 Å². The summed E-state index contributed by atoms with van der Waals surface area (Å²) in [6.45, 7) is -0.738. The van der Waals surface area contributed by atoms with E-state index in [1.165, 1.54) is 21.5 Å². The van der Waals surface area contributed by atoms with Crippen LogP contribution in [0, 0.1) is 11.6 Å². The molecule has 2 fully saturated rings. The van der Waals surface area contributed by atoms with Gasteiger partial charge in [-0.2, -0.15) is 15.3 Å². The number of imidazole rings is 1. The molecule has 15 heteroatoms. The minimum Gasteiger partial charge on any atom is -0.364 e. The van der Waals surface area contributed by atoms with Gasteiger partial charge >= 0.3 is 0 Å². The molecule has 3 amide bonds. The second kappa shape index (κ2) is 11.5. The lowest BCUT2D eigenvalue weighted by atomic mass is 10.0. The molecule has 4 heterocycles. The number of carbonyl (C=O) groups is 3. The summed E-state index contributed by atoms with van der Waals surface area (Å²) in [5.41, 5.74) is 7.56. The molecule has 2 atom stereocenters. The molecule has 0 spiro atoms. The van der Waals surface area contributed by atoms with Crippen molar-refractivity contribution in [3.63, 3.8) is 0 Å². The Bertz CT molecular complexity index is 2010. The number of aromatic nitrogens is 6. The maximum absolute atomic E-state index is 15.0. The van der Waals surface area contributed by atoms with Crippen molar-refractivity contribution in [1.29, 1.82) is 0 Å². The predicted molar refractivity (Wildman–Crippen MR) is 160 cm³/mol. The van der Waals surface area contributed by atoms with Crippen LogP contribution in [0.25, 0.3) is 33.1 Å². The molecule has 7 rings (SSSR count). The zero-order valence-corrected chi connectivity index (χ0v) is 24.4. The Kier molecular flexibility index (Phi) is 7.37. The number of likely N-dealkylation sites (tertiary alicyclic amines) is 1. The molecule has 12 nitrogen and oxygen atoms in total. The fourth-order valence-corrected chi connectivity index (χ4v) is 6.57. The van der Waals surface area contributed by atoms with Crippen LogP contribution in [0.2, 0.25) is 0 Å². The molecule has 2 aliphatic rings. The van der Waals surface area contributed by atoms with Gasteiger partial charge in [-0.1, -0.05) is 18.9 Å². The van der Waals surface area contributed by atoms with E-state index in [1.54, 1.807) is 30.5 Å². The van der Waals surface area contributed by atoms with Crippen molar-refractivity contribution in [3.8, 4) is 11.1 Å². The number of nitrogens with two attached hydrogens (primary N) is 1. The Hall–Kier alpha value is -5.34. The third kappa shape index (κ3) is 5.10. The lowest BCUT2D eigenvalue weighted by molar-refractivity contribution is -0.137. The van der Waals surface area contributed by atoms with E-state index in [2.05, 4.69) is 25.6 Å². The first-order chi connectivity index (χ1) is 22.2. The van der Waals surface area contributed by atoms with Gasteiger partial charge in [0.25, 0.3) is 5.91 Å². The first-order valence-electron chi connectivity index (χ1n) is 14.9. The maximum Gasteiger partial charge on any atom is 0.269 e. The number of hydrogen-bond donors (Lipinski definition) is 2. The average molecular weight is 632 g/mol. The number of carbonyl (C=O) groups excluding carboxylic acids is 3. The summed E-state index contributed by atoms with van der Waals surface area (Å²) in [5.74, 6) is -4.21. The minimum absolute atomic E-state index is 0.00970. The number of nitrogens with zero attached hydrogens (tertiary/aromatic N) is 7. The fourth-order valence-electron chi connectivity index (χ4n) is 6.57. The fraction of sp³-hybridized carbons (Fsp3) is 0.323. The molecule has 3 N–H and O–H groups in total. The lowest BCUT2D eigenvalue weighted by Crippen LogP contribution is -2.45. The van der Waals surface area contributed by atoms with E-state index in [4.69, 9.17) is 5.73 Å². The quantitative estimate of drug-likeness (QED) is 0.276. The SMILES string of the molecule is NC(=O)c1nn(CC(=O)N2CC(F)CC2C(=O)Nc2nc3ccc(F)c(F)c3n2C2CCCC2)c2ccc(-c3ccnnc3)cc12. The number of fused-ring (bicyclic) bond motifs is 2. The summed E-state index contributed by atoms with van der Waals surface area (Å²) in [7, 11) is 0. The molecular formula is C31H28F3N9O3. The number of alkyl halides is 1. The van der Waals surface area contributed by atoms with Crippen LogP contribution < -0.4 is 11.1 Å². The zero-order chi connectivity index (χ0) is 32.1. The molecule has 3 aromatic heterocycles. The first-order valence-corrected chi connectivity index (χ1v) is 14.9. The number of rotatable bonds is 7. The Morgan fingerprint density at radius 3 is 2.57 bits per heavy atom. The molecule has 1 aliphatic carbocycles. The van der Waals surface area contributed by atoms with Gasteiger partial charge in [0, 0.05) is 23.4 Å². The van der Waals surface area contributed by atoms with Crippen LogP contribution in [0.1, 0.15) is 48.6 Å². The van der Waals surface area contributed by atoms with Gasteiger partial charge in [-0.15, -0.1) is 0 Å². The highest BCUT2D eigenvalue weighted by molar-refractivity contribution is 6.05. The van der Waals surface area contributed by atoms with E-state index in [9.17, 15) is 27.6 Å². The van der Waals surface area contributed by atoms with Crippen molar-refractivity contribution in [2.75, 3.05) is 11.9 Å². The Morgan fingerprint density at radius 2 is 1.83 bits per heavy atom. The highest BCUT2D eigenvalue weighted by Crippen LogP contribution is 2.37. The maximum atomic E-state index is 15.0. The smallest absolute Gasteiger partial charge is 0.269 e. The summed E-state index contributed by atoms with van der Waals surface area (Å²) >= 11 is 0. The Balaban J connectivity index is 1.17. The van der Waals surface area contributed by atoms with Crippen LogP contribution in [0.4, 0.5) is 19.1 Å². The van der Waals surface area contributed by atoms with Crippen LogP contribution in [0.15, 0.2) is 48.8 Å². The van der Waals surface area contributed by atoms with Crippen LogP contribution in [-0.4, -0.2) is 70.9 Å². The number of anilines is 1. The second-order valence-corrected chi connectivity index (χ2v) is 11.6. The van der Waals surface area contributed by atoms with E-state index in [1.807, 2.05) is 0 Å². The van der Waals surface area contributed by atoms with E-state index in [0.29, 0.717) is 23.7 Å². The summed E-state index contributed by atoms with van der Waals surface area (Å²) < 4.78 is 46.8. The number of halogens is 3. The number of benzene rings is 2. The third-order valence-electron chi connectivity index (χ3n) is 8.73. The summed E-state index contributed by atoms with van der Waals surface area (Å²) in [6.07, 6.45) is 4.48. The topological polar surface area (TPSA) is 154 Å². The van der Waals surface area contributed by atoms with Gasteiger partial charge in [0.15, 0.2) is 17.3 Å². The molecule has 1 saturated heterocycles. The molecule has 0 radical (unpaired) electrons. The van der Waals surface area contributed by atoms with E-state index < -0.39 is 48.1 Å². The standard InChI is InChI=1S/C31H28F3N9O3/c32-18-12-24(30(46)39-31-38-22-7-6-21(33)26(34)28(22)43(31)19-3-1-2-4-19)41(14-18)25(44)15-42-23-8-5-16(17-9-10-36-37-13-17)11-20(23)27(40-42)29(35)45/h5-11,13,18-19,24H,1-4,12,14-15H2,(H2,35,45)(H,38,39,46). The lowest BCUT2D eigenvalue weighted by Gasteiger charge is -2.24. The average Bonchev–Trinajstić information content (AvgIpc) is 3.85. The van der Waals surface area contributed by atoms with Gasteiger partial charge < -0.3 is 15.2 Å². The van der Waals surface area contributed by atoms with Gasteiger partial charge in [0.05, 0.1) is 30.0 Å². The molecule has 1 aliphatic heterocycles. The van der Waals surface area contributed by atoms with Crippen LogP contribution in [0.5, 0.6) is 0 Å². The van der Waals surface area contributed by atoms with Crippen molar-refractivity contribution in [3.05, 3.63) is 66.1 Å². The zero-order valence-electron chi connectivity index (χ0n) is 24.4. The van der Waals surface area contributed by atoms with Crippen LogP contribution >= 0.6 is 0 Å². The number of primary amides is 1. The highest BCUT2D eigenvalue weighted by Gasteiger charge is 2.41. The summed E-state index contributed by atoms with van der Waals surface area (Å²) in [4.78, 5) is 45.0. The molecular weight excluding hydrogens is 603 g/mol. The van der Waals surface area contributed by atoms with Crippen molar-refractivity contribution in [1.82, 2.24) is 34.4 Å². The Morgan fingerprint density at radius 1 is 1.02 bits per heavy atom. The van der Waals surface area contributed by atoms with E-state index in [0.717, 1.165) is 34.9 Å². The van der Waals surface area contributed by atoms with Crippen molar-refractivity contribution in [2.24, 2.45) is 5.73 Å². The number of nitrogens with one attached hydrogen (secondary N) is 1. The summed E-state index contributed by atoms with van der Waals surface area (Å²) in [5, 5.41) is 15.0. The highest BCUT2D eigenvalue weighted by atomic mass is 19.2. The molecule has 0 bridgehead atoms. The van der Waals surface area contributed by atoms with Crippen LogP contribution in [-0.2, 0) is 16.1 Å². The van der Waals surface area contributed by atoms with E-state index >= 15 is 0 Å². The third-order valence-corrected chi connectivity index (χ3v) is 8.73. The number of hydrogen-bond acceptors (Lipinski definition) is 7. The van der Waals surface area contributed by atoms with Crippen molar-refractivity contribution < 1.29 is 27.6 Å². The minimum atomic E-state index is -1.48. The van der Waals surface area contributed by atoms with Gasteiger partial charge in [0.2, 0.25) is 17.8 Å². The normalized spacial score (nSPS) is 18.5. The van der Waals surface area contributed by atoms with Gasteiger partial charge in [-0.3, -0.25) is 24.4 Å². The molecule has 46 heavy (non-hydrogen) atoms. The van der Waals surface area contributed by atoms with Gasteiger partial charge in [0.1, 0.15) is 24.3 Å². The first kappa shape index (κ1) is 29.4. The van der Waals surface area contributed by atoms with Crippen molar-refractivity contribution in [2.45, 2.75) is 56.9 Å². The van der Waals surface area contributed by atoms with Crippen molar-refractivity contribution >= 4 is 45.6 Å². The van der Waals surface area contributed by atoms with E-state index in [-0.39, 0.29) is 41.7 Å². The van der Waals surface area contributed by atoms with Gasteiger partial charge in [-0.25, -0.2) is 18.2 Å². The monoisotopic (exact) mass is 631 g/mol. The predicted octanol–water partition coefficient (Wildman–Crippen LogP) is 3.91. The van der Waals surface area contributed by atoms with Crippen LogP contribution in [0.3, 0.4) is 0 Å². The largest absolute Gasteiger partial charge is 0.364 e. The molecule has 1 saturated carbocycles. The molecule has 5 aromatic rings.